The average Bonchev–Trinajstić information content (AvgIpc) is 3.31. The predicted molar refractivity (Wildman–Crippen MR) is 137 cm³/mol. The van der Waals surface area contributed by atoms with Crippen LogP contribution < -0.4 is 10.2 Å². The summed E-state index contributed by atoms with van der Waals surface area (Å²) in [6.07, 6.45) is 1.76. The van der Waals surface area contributed by atoms with Gasteiger partial charge < -0.3 is 15.1 Å². The molecule has 8 heteroatoms. The Balaban J connectivity index is 1.50. The van der Waals surface area contributed by atoms with Crippen molar-refractivity contribution in [1.29, 1.82) is 0 Å². The number of nitrogens with zero attached hydrogens (tertiary/aromatic N) is 5. The number of aromatic nitrogens is 3. The Morgan fingerprint density at radius 1 is 0.971 bits per heavy atom. The summed E-state index contributed by atoms with van der Waals surface area (Å²) in [4.78, 5) is 19.7. The van der Waals surface area contributed by atoms with Crippen molar-refractivity contribution < 1.29 is 4.39 Å². The van der Waals surface area contributed by atoms with Crippen molar-refractivity contribution in [3.63, 3.8) is 0 Å². The maximum absolute atomic E-state index is 14.1. The fraction of sp³-hybridized carbons (Fsp3) is 0.269. The molecular formula is C26H27FN6S. The number of anilines is 2. The van der Waals surface area contributed by atoms with E-state index in [1.165, 1.54) is 12.1 Å². The molecule has 0 aliphatic carbocycles. The van der Waals surface area contributed by atoms with Crippen molar-refractivity contribution >= 4 is 22.4 Å². The predicted octanol–water partition coefficient (Wildman–Crippen LogP) is 5.33. The molecule has 0 bridgehead atoms. The Morgan fingerprint density at radius 2 is 1.76 bits per heavy atom. The highest BCUT2D eigenvalue weighted by atomic mass is 32.1. The lowest BCUT2D eigenvalue weighted by Crippen LogP contribution is -2.44. The quantitative estimate of drug-likeness (QED) is 0.408. The van der Waals surface area contributed by atoms with E-state index in [0.29, 0.717) is 5.95 Å². The van der Waals surface area contributed by atoms with E-state index in [4.69, 9.17) is 9.97 Å². The molecule has 1 atom stereocenters. The fourth-order valence-corrected chi connectivity index (χ4v) is 5.13. The van der Waals surface area contributed by atoms with Crippen LogP contribution in [0.25, 0.3) is 21.8 Å². The molecule has 0 spiro atoms. The number of halogens is 1. The summed E-state index contributed by atoms with van der Waals surface area (Å²) in [6, 6.07) is 18.8. The second-order valence-corrected chi connectivity index (χ2v) is 9.49. The van der Waals surface area contributed by atoms with Crippen LogP contribution in [0.15, 0.2) is 66.9 Å². The van der Waals surface area contributed by atoms with Gasteiger partial charge in [-0.3, -0.25) is 0 Å². The van der Waals surface area contributed by atoms with E-state index >= 15 is 0 Å². The Kier molecular flexibility index (Phi) is 6.51. The molecule has 4 aromatic rings. The summed E-state index contributed by atoms with van der Waals surface area (Å²) >= 11 is 1.60. The maximum Gasteiger partial charge on any atom is 0.223 e. The molecule has 5 rings (SSSR count). The highest BCUT2D eigenvalue weighted by Gasteiger charge is 2.23. The van der Waals surface area contributed by atoms with E-state index < -0.39 is 0 Å². The van der Waals surface area contributed by atoms with Crippen LogP contribution in [-0.2, 0) is 0 Å². The standard InChI is InChI=1S/C26H27FN6S/c1-18(19-7-4-3-5-8-19)29-25-28-12-11-22(30-25)24-23(20-9-6-10-21(27)17-20)31-26(34-24)33-15-13-32(2)14-16-33/h3-12,17-18H,13-16H2,1-2H3,(H,28,29,30)/t18-/m0/s1. The lowest BCUT2D eigenvalue weighted by molar-refractivity contribution is 0.313. The molecule has 0 radical (unpaired) electrons. The number of benzene rings is 2. The highest BCUT2D eigenvalue weighted by molar-refractivity contribution is 7.19. The molecule has 174 valence electrons. The summed E-state index contributed by atoms with van der Waals surface area (Å²) < 4.78 is 14.1. The minimum absolute atomic E-state index is 0.0569. The number of rotatable bonds is 6. The van der Waals surface area contributed by atoms with Gasteiger partial charge in [-0.25, -0.2) is 19.3 Å². The third kappa shape index (κ3) is 4.93. The first kappa shape index (κ1) is 22.4. The first-order valence-electron chi connectivity index (χ1n) is 11.4. The summed E-state index contributed by atoms with van der Waals surface area (Å²) in [5.74, 6) is 0.271. The topological polar surface area (TPSA) is 57.2 Å². The molecule has 1 aliphatic heterocycles. The van der Waals surface area contributed by atoms with Gasteiger partial charge in [-0.15, -0.1) is 0 Å². The van der Waals surface area contributed by atoms with E-state index in [9.17, 15) is 4.39 Å². The van der Waals surface area contributed by atoms with Gasteiger partial charge >= 0.3 is 0 Å². The zero-order valence-electron chi connectivity index (χ0n) is 19.3. The van der Waals surface area contributed by atoms with E-state index in [0.717, 1.165) is 58.7 Å². The molecule has 2 aromatic carbocycles. The summed E-state index contributed by atoms with van der Waals surface area (Å²) in [5.41, 5.74) is 3.43. The van der Waals surface area contributed by atoms with Crippen LogP contribution in [0.5, 0.6) is 0 Å². The van der Waals surface area contributed by atoms with Crippen LogP contribution in [0, 0.1) is 5.82 Å². The normalized spacial score (nSPS) is 15.3. The molecule has 6 nitrogen and oxygen atoms in total. The average molecular weight is 475 g/mol. The maximum atomic E-state index is 14.1. The summed E-state index contributed by atoms with van der Waals surface area (Å²) in [7, 11) is 2.13. The molecule has 2 aromatic heterocycles. The molecule has 1 saturated heterocycles. The SMILES string of the molecule is C[C@H](Nc1nccc(-c2sc(N3CCN(C)CC3)nc2-c2cccc(F)c2)n1)c1ccccc1. The number of likely N-dealkylation sites (N-methyl/N-ethyl adjacent to an activating group) is 1. The lowest BCUT2D eigenvalue weighted by atomic mass is 10.1. The van der Waals surface area contributed by atoms with Crippen molar-refractivity contribution in [3.8, 4) is 21.8 Å². The van der Waals surface area contributed by atoms with Gasteiger partial charge in [0.25, 0.3) is 0 Å². The van der Waals surface area contributed by atoms with Gasteiger partial charge in [0.05, 0.1) is 22.3 Å². The molecule has 0 amide bonds. The number of hydrogen-bond donors (Lipinski definition) is 1. The zero-order chi connectivity index (χ0) is 23.5. The van der Waals surface area contributed by atoms with E-state index in [1.54, 1.807) is 23.6 Å². The van der Waals surface area contributed by atoms with Gasteiger partial charge in [-0.2, -0.15) is 0 Å². The Bertz CT molecular complexity index is 1250. The largest absolute Gasteiger partial charge is 0.348 e. The molecule has 1 N–H and O–H groups in total. The van der Waals surface area contributed by atoms with E-state index in [2.05, 4.69) is 46.2 Å². The lowest BCUT2D eigenvalue weighted by Gasteiger charge is -2.32. The smallest absolute Gasteiger partial charge is 0.223 e. The van der Waals surface area contributed by atoms with Gasteiger partial charge in [0.2, 0.25) is 5.95 Å². The molecule has 3 heterocycles. The number of nitrogens with one attached hydrogen (secondary N) is 1. The molecule has 34 heavy (non-hydrogen) atoms. The van der Waals surface area contributed by atoms with Crippen LogP contribution >= 0.6 is 11.3 Å². The van der Waals surface area contributed by atoms with E-state index in [-0.39, 0.29) is 11.9 Å². The Morgan fingerprint density at radius 3 is 2.53 bits per heavy atom. The Labute approximate surface area is 203 Å². The van der Waals surface area contributed by atoms with Crippen LogP contribution in [0.4, 0.5) is 15.5 Å². The molecule has 0 saturated carbocycles. The van der Waals surface area contributed by atoms with E-state index in [1.807, 2.05) is 30.3 Å². The first-order valence-corrected chi connectivity index (χ1v) is 12.2. The molecule has 1 aliphatic rings. The summed E-state index contributed by atoms with van der Waals surface area (Å²) in [5, 5.41) is 4.34. The Hall–Kier alpha value is -3.36. The minimum Gasteiger partial charge on any atom is -0.348 e. The van der Waals surface area contributed by atoms with Crippen molar-refractivity contribution in [2.45, 2.75) is 13.0 Å². The van der Waals surface area contributed by atoms with Crippen molar-refractivity contribution in [1.82, 2.24) is 19.9 Å². The molecule has 1 fully saturated rings. The number of piperazine rings is 1. The van der Waals surface area contributed by atoms with Gasteiger partial charge in [0.1, 0.15) is 5.82 Å². The second-order valence-electron chi connectivity index (χ2n) is 8.52. The van der Waals surface area contributed by atoms with Gasteiger partial charge in [0, 0.05) is 37.9 Å². The second kappa shape index (κ2) is 9.87. The minimum atomic E-state index is -0.278. The highest BCUT2D eigenvalue weighted by Crippen LogP contribution is 2.40. The summed E-state index contributed by atoms with van der Waals surface area (Å²) in [6.45, 7) is 5.89. The van der Waals surface area contributed by atoms with Gasteiger partial charge in [-0.05, 0) is 37.7 Å². The van der Waals surface area contributed by atoms with Crippen LogP contribution in [0.3, 0.4) is 0 Å². The third-order valence-electron chi connectivity index (χ3n) is 6.02. The van der Waals surface area contributed by atoms with Crippen LogP contribution in [0.2, 0.25) is 0 Å². The first-order chi connectivity index (χ1) is 16.6. The van der Waals surface area contributed by atoms with Gasteiger partial charge in [-0.1, -0.05) is 53.8 Å². The van der Waals surface area contributed by atoms with Gasteiger partial charge in [0.15, 0.2) is 5.13 Å². The van der Waals surface area contributed by atoms with Crippen molar-refractivity contribution in [2.24, 2.45) is 0 Å². The van der Waals surface area contributed by atoms with Crippen LogP contribution in [-0.4, -0.2) is 53.1 Å². The fourth-order valence-electron chi connectivity index (χ4n) is 4.02. The molecule has 0 unspecified atom stereocenters. The van der Waals surface area contributed by atoms with Crippen molar-refractivity contribution in [2.75, 3.05) is 43.4 Å². The number of hydrogen-bond acceptors (Lipinski definition) is 7. The zero-order valence-corrected chi connectivity index (χ0v) is 20.1. The van der Waals surface area contributed by atoms with Crippen LogP contribution in [0.1, 0.15) is 18.5 Å². The molecular weight excluding hydrogens is 447 g/mol. The monoisotopic (exact) mass is 474 g/mol. The van der Waals surface area contributed by atoms with Crippen molar-refractivity contribution in [3.05, 3.63) is 78.2 Å². The number of thiazole rings is 1. The third-order valence-corrected chi connectivity index (χ3v) is 7.16.